The van der Waals surface area contributed by atoms with Crippen LogP contribution in [0.15, 0.2) is 24.3 Å². The highest BCUT2D eigenvalue weighted by atomic mass is 16.3. The van der Waals surface area contributed by atoms with Crippen LogP contribution in [0.4, 0.5) is 5.69 Å². The van der Waals surface area contributed by atoms with Crippen molar-refractivity contribution in [1.82, 2.24) is 0 Å². The molecular formula is C13H17NO3. The molecule has 0 radical (unpaired) electrons. The highest BCUT2D eigenvalue weighted by Crippen LogP contribution is 2.26. The number of anilines is 1. The highest BCUT2D eigenvalue weighted by Gasteiger charge is 2.21. The number of hydrogen-bond donors (Lipinski definition) is 2. The Hall–Kier alpha value is -1.39. The van der Waals surface area contributed by atoms with Crippen LogP contribution in [0.2, 0.25) is 0 Å². The monoisotopic (exact) mass is 235 g/mol. The minimum absolute atomic E-state index is 0.154. The Morgan fingerprint density at radius 1 is 1.35 bits per heavy atom. The second kappa shape index (κ2) is 5.29. The van der Waals surface area contributed by atoms with E-state index in [9.17, 15) is 9.90 Å². The van der Waals surface area contributed by atoms with E-state index >= 15 is 0 Å². The lowest BCUT2D eigenvalue weighted by molar-refractivity contribution is 0.0983. The maximum atomic E-state index is 11.9. The first-order valence-electron chi connectivity index (χ1n) is 5.88. The van der Waals surface area contributed by atoms with E-state index in [0.717, 1.165) is 24.2 Å². The molecule has 17 heavy (non-hydrogen) atoms. The van der Waals surface area contributed by atoms with Crippen LogP contribution in [0.25, 0.3) is 0 Å². The molecule has 2 rings (SSSR count). The third kappa shape index (κ3) is 2.65. The standard InChI is InChI=1S/C13H17NO3/c15-9-10(16)8-14-7-3-6-13(17)11-4-1-2-5-12(11)14/h1-2,4-5,10,15-16H,3,6-9H2. The molecule has 0 aliphatic carbocycles. The Morgan fingerprint density at radius 3 is 2.88 bits per heavy atom. The first kappa shape index (κ1) is 12.1. The number of carbonyl (C=O) groups excluding carboxylic acids is 1. The first-order chi connectivity index (χ1) is 8.22. The van der Waals surface area contributed by atoms with E-state index in [1.165, 1.54) is 0 Å². The number of fused-ring (bicyclic) bond motifs is 1. The van der Waals surface area contributed by atoms with Crippen molar-refractivity contribution in [3.05, 3.63) is 29.8 Å². The molecule has 1 aliphatic rings. The average Bonchev–Trinajstić information content (AvgIpc) is 2.51. The molecule has 0 fully saturated rings. The number of Topliss-reactive ketones (excluding diaryl/α,β-unsaturated/α-hetero) is 1. The number of ketones is 1. The number of nitrogens with zero attached hydrogens (tertiary/aromatic N) is 1. The minimum atomic E-state index is -0.767. The molecule has 2 N–H and O–H groups in total. The minimum Gasteiger partial charge on any atom is -0.394 e. The maximum Gasteiger partial charge on any atom is 0.165 e. The number of aliphatic hydroxyl groups excluding tert-OH is 2. The molecule has 0 bridgehead atoms. The predicted molar refractivity (Wildman–Crippen MR) is 65.3 cm³/mol. The molecule has 92 valence electrons. The van der Waals surface area contributed by atoms with Gasteiger partial charge in [-0.05, 0) is 18.6 Å². The van der Waals surface area contributed by atoms with Gasteiger partial charge >= 0.3 is 0 Å². The summed E-state index contributed by atoms with van der Waals surface area (Å²) in [7, 11) is 0. The molecule has 0 saturated carbocycles. The Balaban J connectivity index is 2.28. The van der Waals surface area contributed by atoms with Crippen LogP contribution < -0.4 is 4.90 Å². The van der Waals surface area contributed by atoms with E-state index < -0.39 is 6.10 Å². The van der Waals surface area contributed by atoms with Crippen LogP contribution in [-0.2, 0) is 0 Å². The van der Waals surface area contributed by atoms with Crippen molar-refractivity contribution in [2.24, 2.45) is 0 Å². The Kier molecular flexibility index (Phi) is 3.76. The van der Waals surface area contributed by atoms with Gasteiger partial charge in [-0.25, -0.2) is 0 Å². The first-order valence-corrected chi connectivity index (χ1v) is 5.88. The molecule has 4 nitrogen and oxygen atoms in total. The van der Waals surface area contributed by atoms with Gasteiger partial charge < -0.3 is 15.1 Å². The van der Waals surface area contributed by atoms with Gasteiger partial charge in [0.25, 0.3) is 0 Å². The lowest BCUT2D eigenvalue weighted by Gasteiger charge is -2.26. The predicted octanol–water partition coefficient (Wildman–Crippen LogP) is 0.823. The number of hydrogen-bond acceptors (Lipinski definition) is 4. The zero-order chi connectivity index (χ0) is 12.3. The van der Waals surface area contributed by atoms with Crippen LogP contribution in [0.1, 0.15) is 23.2 Å². The fraction of sp³-hybridized carbons (Fsp3) is 0.462. The Bertz CT molecular complexity index is 405. The fourth-order valence-electron chi connectivity index (χ4n) is 2.17. The molecule has 1 aliphatic heterocycles. The van der Waals surface area contributed by atoms with Crippen molar-refractivity contribution < 1.29 is 15.0 Å². The molecule has 0 aromatic heterocycles. The number of para-hydroxylation sites is 1. The van der Waals surface area contributed by atoms with Crippen LogP contribution in [-0.4, -0.2) is 41.8 Å². The second-order valence-electron chi connectivity index (χ2n) is 4.33. The van der Waals surface area contributed by atoms with Gasteiger partial charge in [0.15, 0.2) is 5.78 Å². The molecule has 0 amide bonds. The molecule has 1 unspecified atom stereocenters. The number of benzene rings is 1. The van der Waals surface area contributed by atoms with E-state index in [1.54, 1.807) is 0 Å². The fourth-order valence-corrected chi connectivity index (χ4v) is 2.17. The van der Waals surface area contributed by atoms with E-state index in [2.05, 4.69) is 0 Å². The molecule has 4 heteroatoms. The van der Waals surface area contributed by atoms with E-state index in [-0.39, 0.29) is 12.4 Å². The summed E-state index contributed by atoms with van der Waals surface area (Å²) in [6.45, 7) is 0.840. The summed E-state index contributed by atoms with van der Waals surface area (Å²) in [6.07, 6.45) is 0.560. The normalized spacial score (nSPS) is 17.5. The average molecular weight is 235 g/mol. The largest absolute Gasteiger partial charge is 0.394 e. The molecule has 1 heterocycles. The molecule has 1 aromatic carbocycles. The van der Waals surface area contributed by atoms with Crippen molar-refractivity contribution in [2.45, 2.75) is 18.9 Å². The van der Waals surface area contributed by atoms with E-state index in [0.29, 0.717) is 13.0 Å². The van der Waals surface area contributed by atoms with Crippen LogP contribution in [0, 0.1) is 0 Å². The summed E-state index contributed by atoms with van der Waals surface area (Å²) >= 11 is 0. The summed E-state index contributed by atoms with van der Waals surface area (Å²) in [5.74, 6) is 0.154. The zero-order valence-electron chi connectivity index (χ0n) is 9.67. The topological polar surface area (TPSA) is 60.8 Å². The number of carbonyl (C=O) groups is 1. The summed E-state index contributed by atoms with van der Waals surface area (Å²) < 4.78 is 0. The van der Waals surface area contributed by atoms with Crippen LogP contribution >= 0.6 is 0 Å². The Labute approximate surface area is 100 Å². The molecule has 0 saturated heterocycles. The molecular weight excluding hydrogens is 218 g/mol. The number of rotatable bonds is 3. The lowest BCUT2D eigenvalue weighted by atomic mass is 10.1. The van der Waals surface area contributed by atoms with E-state index in [1.807, 2.05) is 29.2 Å². The quantitative estimate of drug-likeness (QED) is 0.814. The molecule has 1 atom stereocenters. The van der Waals surface area contributed by atoms with Gasteiger partial charge in [0.05, 0.1) is 12.7 Å². The summed E-state index contributed by atoms with van der Waals surface area (Å²) in [4.78, 5) is 13.8. The third-order valence-corrected chi connectivity index (χ3v) is 3.02. The van der Waals surface area contributed by atoms with Crippen LogP contribution in [0.3, 0.4) is 0 Å². The van der Waals surface area contributed by atoms with Gasteiger partial charge in [-0.1, -0.05) is 12.1 Å². The van der Waals surface area contributed by atoms with Gasteiger partial charge in [-0.15, -0.1) is 0 Å². The third-order valence-electron chi connectivity index (χ3n) is 3.02. The molecule has 0 spiro atoms. The maximum absolute atomic E-state index is 11.9. The summed E-state index contributed by atoms with van der Waals surface area (Å²) in [5.41, 5.74) is 1.58. The van der Waals surface area contributed by atoms with Crippen molar-refractivity contribution in [3.8, 4) is 0 Å². The van der Waals surface area contributed by atoms with Gasteiger partial charge in [0.1, 0.15) is 0 Å². The van der Waals surface area contributed by atoms with Gasteiger partial charge in [0.2, 0.25) is 0 Å². The van der Waals surface area contributed by atoms with Gasteiger partial charge in [0, 0.05) is 30.8 Å². The second-order valence-corrected chi connectivity index (χ2v) is 4.33. The van der Waals surface area contributed by atoms with E-state index in [4.69, 9.17) is 5.11 Å². The number of β-amino-alcohol motifs (C(OH)–C–C–N with tert-alkyl or cyclic N) is 1. The number of aliphatic hydroxyl groups is 2. The lowest BCUT2D eigenvalue weighted by Crippen LogP contribution is -2.35. The van der Waals surface area contributed by atoms with Gasteiger partial charge in [-0.3, -0.25) is 4.79 Å². The van der Waals surface area contributed by atoms with Crippen molar-refractivity contribution in [2.75, 3.05) is 24.6 Å². The summed E-state index contributed by atoms with van der Waals surface area (Å²) in [5, 5.41) is 18.4. The van der Waals surface area contributed by atoms with Crippen molar-refractivity contribution >= 4 is 11.5 Å². The van der Waals surface area contributed by atoms with Crippen molar-refractivity contribution in [3.63, 3.8) is 0 Å². The van der Waals surface area contributed by atoms with Crippen molar-refractivity contribution in [1.29, 1.82) is 0 Å². The smallest absolute Gasteiger partial charge is 0.165 e. The van der Waals surface area contributed by atoms with Gasteiger partial charge in [-0.2, -0.15) is 0 Å². The van der Waals surface area contributed by atoms with Crippen LogP contribution in [0.5, 0.6) is 0 Å². The summed E-state index contributed by atoms with van der Waals surface area (Å²) in [6, 6.07) is 7.45. The molecule has 1 aromatic rings. The Morgan fingerprint density at radius 2 is 2.12 bits per heavy atom. The zero-order valence-corrected chi connectivity index (χ0v) is 9.67. The highest BCUT2D eigenvalue weighted by molar-refractivity contribution is 6.01. The SMILES string of the molecule is O=C1CCCN(CC(O)CO)c2ccccc21.